The van der Waals surface area contributed by atoms with Crippen LogP contribution < -0.4 is 0 Å². The van der Waals surface area contributed by atoms with Gasteiger partial charge in [0.2, 0.25) is 0 Å². The Hall–Kier alpha value is -2.53. The van der Waals surface area contributed by atoms with Crippen molar-refractivity contribution in [1.29, 1.82) is 0 Å². The Morgan fingerprint density at radius 1 is 1.21 bits per heavy atom. The number of piperidine rings is 1. The normalized spacial score (nSPS) is 20.3. The van der Waals surface area contributed by atoms with Crippen molar-refractivity contribution >= 4 is 16.8 Å². The maximum absolute atomic E-state index is 12.6. The third kappa shape index (κ3) is 4.40. The second-order valence-electron chi connectivity index (χ2n) is 8.69. The topological polar surface area (TPSA) is 61.9 Å². The molecule has 4 rings (SSSR count). The van der Waals surface area contributed by atoms with Crippen LogP contribution in [0.4, 0.5) is 0 Å². The van der Waals surface area contributed by atoms with Gasteiger partial charge in [-0.3, -0.25) is 14.7 Å². The summed E-state index contributed by atoms with van der Waals surface area (Å²) in [4.78, 5) is 27.7. The van der Waals surface area contributed by atoms with Gasteiger partial charge in [0.25, 0.3) is 0 Å². The number of nitrogens with zero attached hydrogens (tertiary/aromatic N) is 3. The number of imidazole rings is 1. The molecule has 1 N–H and O–H groups in total. The smallest absolute Gasteiger partial charge is 0.137 e. The predicted molar refractivity (Wildman–Crippen MR) is 116 cm³/mol. The maximum Gasteiger partial charge on any atom is 0.137 e. The summed E-state index contributed by atoms with van der Waals surface area (Å²) < 4.78 is 0. The molecule has 3 heterocycles. The minimum atomic E-state index is 0.232. The highest BCUT2D eigenvalue weighted by Crippen LogP contribution is 2.34. The van der Waals surface area contributed by atoms with Gasteiger partial charge in [-0.05, 0) is 88.0 Å². The van der Waals surface area contributed by atoms with E-state index in [0.717, 1.165) is 47.5 Å². The molecule has 5 heteroatoms. The minimum Gasteiger partial charge on any atom is -0.341 e. The molecule has 2 aromatic heterocycles. The van der Waals surface area contributed by atoms with E-state index in [9.17, 15) is 4.79 Å². The van der Waals surface area contributed by atoms with Crippen molar-refractivity contribution in [2.45, 2.75) is 52.5 Å². The lowest BCUT2D eigenvalue weighted by molar-refractivity contribution is -0.119. The quantitative estimate of drug-likeness (QED) is 0.698. The summed E-state index contributed by atoms with van der Waals surface area (Å²) in [6.45, 7) is 7.21. The van der Waals surface area contributed by atoms with Gasteiger partial charge in [0.05, 0.1) is 17.1 Å². The van der Waals surface area contributed by atoms with Gasteiger partial charge in [-0.1, -0.05) is 6.07 Å². The summed E-state index contributed by atoms with van der Waals surface area (Å²) >= 11 is 0. The molecule has 2 atom stereocenters. The number of pyridine rings is 1. The number of nitrogens with one attached hydrogen (secondary N) is 1. The third-order valence-corrected chi connectivity index (χ3v) is 6.30. The summed E-state index contributed by atoms with van der Waals surface area (Å²) in [5.74, 6) is 1.73. The van der Waals surface area contributed by atoms with Crippen molar-refractivity contribution in [1.82, 2.24) is 19.9 Å². The van der Waals surface area contributed by atoms with Gasteiger partial charge in [-0.25, -0.2) is 4.98 Å². The van der Waals surface area contributed by atoms with E-state index in [2.05, 4.69) is 47.9 Å². The zero-order valence-electron chi connectivity index (χ0n) is 17.8. The summed E-state index contributed by atoms with van der Waals surface area (Å²) in [7, 11) is 2.16. The van der Waals surface area contributed by atoms with Crippen molar-refractivity contribution in [2.75, 3.05) is 13.6 Å². The van der Waals surface area contributed by atoms with Gasteiger partial charge < -0.3 is 4.98 Å². The van der Waals surface area contributed by atoms with Gasteiger partial charge in [0, 0.05) is 24.7 Å². The van der Waals surface area contributed by atoms with Crippen molar-refractivity contribution in [2.24, 2.45) is 5.92 Å². The number of aromatic nitrogens is 3. The molecule has 0 bridgehead atoms. The minimum absolute atomic E-state index is 0.232. The largest absolute Gasteiger partial charge is 0.341 e. The summed E-state index contributed by atoms with van der Waals surface area (Å²) in [5.41, 5.74) is 6.66. The molecule has 0 saturated carbocycles. The Kier molecular flexibility index (Phi) is 5.50. The van der Waals surface area contributed by atoms with Crippen LogP contribution in [0.3, 0.4) is 0 Å². The van der Waals surface area contributed by atoms with E-state index in [1.807, 2.05) is 25.3 Å². The van der Waals surface area contributed by atoms with Crippen LogP contribution in [0, 0.1) is 26.7 Å². The van der Waals surface area contributed by atoms with E-state index in [1.165, 1.54) is 11.1 Å². The van der Waals surface area contributed by atoms with E-state index in [-0.39, 0.29) is 6.04 Å². The lowest BCUT2D eigenvalue weighted by Gasteiger charge is -2.35. The number of likely N-dealkylation sites (tertiary alicyclic amines) is 1. The number of aryl methyl sites for hydroxylation is 3. The predicted octanol–water partition coefficient (Wildman–Crippen LogP) is 4.47. The number of fused-ring (bicyclic) bond motifs is 1. The second kappa shape index (κ2) is 8.07. The van der Waals surface area contributed by atoms with Crippen LogP contribution in [0.1, 0.15) is 53.5 Å². The molecule has 0 amide bonds. The number of hydrogen-bond donors (Lipinski definition) is 1. The SMILES string of the molecule is Cc1ccc(CC(=O)C[C@@H]2CCN(C)[C@@H](c3nc4cc(C)c(C)cc4[nH]3)C2)cn1. The Bertz CT molecular complexity index is 982. The molecule has 0 radical (unpaired) electrons. The van der Waals surface area contributed by atoms with Gasteiger partial charge in [-0.15, -0.1) is 0 Å². The molecule has 29 heavy (non-hydrogen) atoms. The average Bonchev–Trinajstić information content (AvgIpc) is 3.08. The fourth-order valence-corrected chi connectivity index (χ4v) is 4.33. The van der Waals surface area contributed by atoms with E-state index in [0.29, 0.717) is 24.5 Å². The van der Waals surface area contributed by atoms with Crippen LogP contribution in [0.25, 0.3) is 11.0 Å². The van der Waals surface area contributed by atoms with Crippen molar-refractivity contribution in [3.8, 4) is 0 Å². The number of H-pyrrole nitrogens is 1. The Morgan fingerprint density at radius 2 is 2.00 bits per heavy atom. The van der Waals surface area contributed by atoms with E-state index >= 15 is 0 Å². The van der Waals surface area contributed by atoms with E-state index < -0.39 is 0 Å². The third-order valence-electron chi connectivity index (χ3n) is 6.30. The molecule has 1 saturated heterocycles. The van der Waals surface area contributed by atoms with Crippen molar-refractivity contribution < 1.29 is 4.79 Å². The van der Waals surface area contributed by atoms with Crippen LogP contribution in [-0.4, -0.2) is 39.2 Å². The highest BCUT2D eigenvalue weighted by atomic mass is 16.1. The van der Waals surface area contributed by atoms with Crippen LogP contribution in [-0.2, 0) is 11.2 Å². The van der Waals surface area contributed by atoms with E-state index in [4.69, 9.17) is 4.98 Å². The molecule has 1 aliphatic heterocycles. The monoisotopic (exact) mass is 390 g/mol. The molecule has 1 aliphatic rings. The molecule has 3 aromatic rings. The number of Topliss-reactive ketones (excluding diaryl/α,β-unsaturated/α-hetero) is 1. The van der Waals surface area contributed by atoms with Crippen LogP contribution in [0.5, 0.6) is 0 Å². The molecular weight excluding hydrogens is 360 g/mol. The first-order chi connectivity index (χ1) is 13.9. The highest BCUT2D eigenvalue weighted by molar-refractivity contribution is 5.81. The number of ketones is 1. The van der Waals surface area contributed by atoms with Gasteiger partial charge in [0.1, 0.15) is 11.6 Å². The van der Waals surface area contributed by atoms with Gasteiger partial charge in [-0.2, -0.15) is 0 Å². The molecule has 1 fully saturated rings. The molecule has 0 spiro atoms. The number of hydrogen-bond acceptors (Lipinski definition) is 4. The number of rotatable bonds is 5. The summed E-state index contributed by atoms with van der Waals surface area (Å²) in [5, 5.41) is 0. The molecule has 1 aromatic carbocycles. The summed E-state index contributed by atoms with van der Waals surface area (Å²) in [6, 6.07) is 8.55. The first-order valence-corrected chi connectivity index (χ1v) is 10.5. The fraction of sp³-hybridized carbons (Fsp3) is 0.458. The zero-order valence-corrected chi connectivity index (χ0v) is 17.8. The Labute approximate surface area is 172 Å². The number of aromatic amines is 1. The first-order valence-electron chi connectivity index (χ1n) is 10.5. The number of benzene rings is 1. The molecule has 5 nitrogen and oxygen atoms in total. The number of carbonyl (C=O) groups is 1. The van der Waals surface area contributed by atoms with Crippen LogP contribution >= 0.6 is 0 Å². The van der Waals surface area contributed by atoms with Crippen LogP contribution in [0.2, 0.25) is 0 Å². The maximum atomic E-state index is 12.6. The van der Waals surface area contributed by atoms with E-state index in [1.54, 1.807) is 0 Å². The van der Waals surface area contributed by atoms with Crippen LogP contribution in [0.15, 0.2) is 30.5 Å². The molecule has 0 aliphatic carbocycles. The molecular formula is C24H30N4O. The Balaban J connectivity index is 1.45. The number of carbonyl (C=O) groups excluding carboxylic acids is 1. The lowest BCUT2D eigenvalue weighted by atomic mass is 9.86. The molecule has 0 unspecified atom stereocenters. The van der Waals surface area contributed by atoms with Crippen molar-refractivity contribution in [3.63, 3.8) is 0 Å². The van der Waals surface area contributed by atoms with Crippen molar-refractivity contribution in [3.05, 3.63) is 58.7 Å². The lowest BCUT2D eigenvalue weighted by Crippen LogP contribution is -2.35. The second-order valence-corrected chi connectivity index (χ2v) is 8.69. The van der Waals surface area contributed by atoms with Gasteiger partial charge in [0.15, 0.2) is 0 Å². The Morgan fingerprint density at radius 3 is 2.76 bits per heavy atom. The molecule has 152 valence electrons. The fourth-order valence-electron chi connectivity index (χ4n) is 4.33. The zero-order chi connectivity index (χ0) is 20.5. The first kappa shape index (κ1) is 19.8. The average molecular weight is 391 g/mol. The standard InChI is InChI=1S/C24H30N4O/c1-15-9-21-22(10-16(15)2)27-24(26-21)23-13-18(7-8-28(23)4)11-20(29)12-19-6-5-17(3)25-14-19/h5-6,9-10,14,18,23H,7-8,11-13H2,1-4H3,(H,26,27)/t18-,23+/m0/s1. The highest BCUT2D eigenvalue weighted by Gasteiger charge is 2.30. The van der Waals surface area contributed by atoms with Gasteiger partial charge >= 0.3 is 0 Å². The summed E-state index contributed by atoms with van der Waals surface area (Å²) in [6.07, 6.45) is 4.96.